The van der Waals surface area contributed by atoms with E-state index in [1.807, 2.05) is 49.9 Å². The Morgan fingerprint density at radius 1 is 1.28 bits per heavy atom. The number of nitrogens with one attached hydrogen (secondary N) is 1. The van der Waals surface area contributed by atoms with E-state index in [0.29, 0.717) is 54.9 Å². The lowest BCUT2D eigenvalue weighted by atomic mass is 10.0. The first-order chi connectivity index (χ1) is 17.1. The third kappa shape index (κ3) is 5.53. The molecule has 3 aromatic rings. The number of sulfone groups is 1. The minimum Gasteiger partial charge on any atom is -0.491 e. The highest BCUT2D eigenvalue weighted by Crippen LogP contribution is 2.36. The maximum absolute atomic E-state index is 12.2. The van der Waals surface area contributed by atoms with Crippen LogP contribution in [0.1, 0.15) is 23.4 Å². The fraction of sp³-hybridized carbons (Fsp3) is 0.480. The van der Waals surface area contributed by atoms with Crippen molar-refractivity contribution >= 4 is 15.7 Å². The Morgan fingerprint density at radius 3 is 2.69 bits per heavy atom. The first-order valence-electron chi connectivity index (χ1n) is 11.9. The molecule has 1 aliphatic rings. The molecule has 0 bridgehead atoms. The summed E-state index contributed by atoms with van der Waals surface area (Å²) in [6.07, 6.45) is 1.20. The Balaban J connectivity index is 1.77. The van der Waals surface area contributed by atoms with Gasteiger partial charge in [0.2, 0.25) is 0 Å². The molecule has 1 aliphatic heterocycles. The molecule has 11 heteroatoms. The lowest BCUT2D eigenvalue weighted by Gasteiger charge is -2.22. The van der Waals surface area contributed by atoms with Crippen LogP contribution < -0.4 is 15.0 Å². The van der Waals surface area contributed by atoms with Crippen molar-refractivity contribution in [2.45, 2.75) is 38.5 Å². The third-order valence-electron chi connectivity index (χ3n) is 6.41. The predicted molar refractivity (Wildman–Crippen MR) is 138 cm³/mol. The number of ether oxygens (including phenoxy) is 1. The molecule has 1 saturated heterocycles. The van der Waals surface area contributed by atoms with E-state index in [1.165, 1.54) is 6.26 Å². The SMILES string of the molecule is CNCC(O)COc1cccc(-c2nc(-c3c(C)noc3C)c(C)c(N3CCC(S(C)(=O)=O)C3)n2)c1. The molecular formula is C25H33N5O5S. The summed E-state index contributed by atoms with van der Waals surface area (Å²) < 4.78 is 35.6. The minimum atomic E-state index is -3.16. The van der Waals surface area contributed by atoms with E-state index in [0.717, 1.165) is 22.4 Å². The van der Waals surface area contributed by atoms with Gasteiger partial charge in [-0.1, -0.05) is 17.3 Å². The molecule has 1 aromatic carbocycles. The van der Waals surface area contributed by atoms with Crippen LogP contribution in [0, 0.1) is 20.8 Å². The highest BCUT2D eigenvalue weighted by Gasteiger charge is 2.33. The lowest BCUT2D eigenvalue weighted by molar-refractivity contribution is 0.108. The van der Waals surface area contributed by atoms with Crippen LogP contribution in [0.2, 0.25) is 0 Å². The van der Waals surface area contributed by atoms with Crippen molar-refractivity contribution in [2.24, 2.45) is 0 Å². The van der Waals surface area contributed by atoms with Crippen molar-refractivity contribution < 1.29 is 22.8 Å². The molecule has 0 radical (unpaired) electrons. The number of benzene rings is 1. The fourth-order valence-corrected chi connectivity index (χ4v) is 5.47. The Labute approximate surface area is 211 Å². The van der Waals surface area contributed by atoms with Gasteiger partial charge in [-0.3, -0.25) is 0 Å². The zero-order valence-corrected chi connectivity index (χ0v) is 22.1. The van der Waals surface area contributed by atoms with E-state index < -0.39 is 21.2 Å². The molecule has 194 valence electrons. The van der Waals surface area contributed by atoms with E-state index in [4.69, 9.17) is 19.2 Å². The quantitative estimate of drug-likeness (QED) is 0.438. The van der Waals surface area contributed by atoms with Gasteiger partial charge in [-0.15, -0.1) is 0 Å². The van der Waals surface area contributed by atoms with Gasteiger partial charge in [-0.05, 0) is 46.4 Å². The number of aliphatic hydroxyl groups is 1. The number of aliphatic hydroxyl groups excluding tert-OH is 1. The number of nitrogens with zero attached hydrogens (tertiary/aromatic N) is 4. The zero-order valence-electron chi connectivity index (χ0n) is 21.3. The summed E-state index contributed by atoms with van der Waals surface area (Å²) in [5, 5.41) is 16.6. The zero-order chi connectivity index (χ0) is 26.0. The minimum absolute atomic E-state index is 0.148. The first-order valence-corrected chi connectivity index (χ1v) is 13.9. The van der Waals surface area contributed by atoms with Gasteiger partial charge >= 0.3 is 0 Å². The van der Waals surface area contributed by atoms with Gasteiger partial charge in [0.1, 0.15) is 30.0 Å². The van der Waals surface area contributed by atoms with Crippen molar-refractivity contribution in [2.75, 3.05) is 44.4 Å². The van der Waals surface area contributed by atoms with E-state index in [9.17, 15) is 13.5 Å². The van der Waals surface area contributed by atoms with Crippen LogP contribution in [0.25, 0.3) is 22.6 Å². The first kappa shape index (κ1) is 26.1. The van der Waals surface area contributed by atoms with Gasteiger partial charge in [-0.25, -0.2) is 18.4 Å². The maximum Gasteiger partial charge on any atom is 0.162 e. The highest BCUT2D eigenvalue weighted by atomic mass is 32.2. The van der Waals surface area contributed by atoms with Crippen LogP contribution in [-0.4, -0.2) is 79.5 Å². The average Bonchev–Trinajstić information content (AvgIpc) is 3.45. The second-order valence-corrected chi connectivity index (χ2v) is 11.6. The monoisotopic (exact) mass is 515 g/mol. The molecule has 0 amide bonds. The average molecular weight is 516 g/mol. The Bertz CT molecular complexity index is 1320. The molecule has 2 N–H and O–H groups in total. The van der Waals surface area contributed by atoms with Gasteiger partial charge in [0.15, 0.2) is 15.7 Å². The molecule has 0 aliphatic carbocycles. The number of aryl methyl sites for hydroxylation is 2. The normalized spacial score (nSPS) is 16.9. The number of likely N-dealkylation sites (N-methyl/N-ethyl adjacent to an activating group) is 1. The van der Waals surface area contributed by atoms with Crippen molar-refractivity contribution in [3.63, 3.8) is 0 Å². The van der Waals surface area contributed by atoms with Crippen LogP contribution in [0.4, 0.5) is 5.82 Å². The van der Waals surface area contributed by atoms with E-state index in [1.54, 1.807) is 7.05 Å². The molecule has 2 unspecified atom stereocenters. The number of anilines is 1. The number of hydrogen-bond acceptors (Lipinski definition) is 10. The molecule has 0 saturated carbocycles. The number of rotatable bonds is 9. The van der Waals surface area contributed by atoms with Crippen LogP contribution in [-0.2, 0) is 9.84 Å². The second kappa shape index (κ2) is 10.5. The standard InChI is InChI=1S/C25H33N5O5S/c1-15-23(22-16(2)29-35-17(22)3)27-24(28-25(15)30-10-9-21(13-30)36(5,32)33)18-7-6-8-20(11-18)34-14-19(31)12-26-4/h6-8,11,19,21,26,31H,9-10,12-14H2,1-5H3. The summed E-state index contributed by atoms with van der Waals surface area (Å²) in [5.74, 6) is 2.41. The van der Waals surface area contributed by atoms with Crippen LogP contribution in [0.3, 0.4) is 0 Å². The van der Waals surface area contributed by atoms with Crippen molar-refractivity contribution in [1.82, 2.24) is 20.4 Å². The maximum atomic E-state index is 12.2. The second-order valence-electron chi connectivity index (χ2n) is 9.28. The summed E-state index contributed by atoms with van der Waals surface area (Å²) >= 11 is 0. The highest BCUT2D eigenvalue weighted by molar-refractivity contribution is 7.91. The summed E-state index contributed by atoms with van der Waals surface area (Å²) in [6.45, 7) is 7.19. The van der Waals surface area contributed by atoms with E-state index >= 15 is 0 Å². The molecule has 0 spiro atoms. The summed E-state index contributed by atoms with van der Waals surface area (Å²) in [7, 11) is -1.39. The Hall–Kier alpha value is -3.02. The molecule has 4 rings (SSSR count). The van der Waals surface area contributed by atoms with Crippen molar-refractivity contribution in [3.05, 3.63) is 41.3 Å². The van der Waals surface area contributed by atoms with Gasteiger partial charge in [-0.2, -0.15) is 0 Å². The molecule has 2 aromatic heterocycles. The number of aromatic nitrogens is 3. The van der Waals surface area contributed by atoms with E-state index in [2.05, 4.69) is 10.5 Å². The predicted octanol–water partition coefficient (Wildman–Crippen LogP) is 2.31. The van der Waals surface area contributed by atoms with Gasteiger partial charge < -0.3 is 24.6 Å². The van der Waals surface area contributed by atoms with Crippen molar-refractivity contribution in [3.8, 4) is 28.4 Å². The molecule has 36 heavy (non-hydrogen) atoms. The Kier molecular flexibility index (Phi) is 7.62. The summed E-state index contributed by atoms with van der Waals surface area (Å²) in [6, 6.07) is 7.40. The molecule has 1 fully saturated rings. The molecule has 3 heterocycles. The van der Waals surface area contributed by atoms with E-state index in [-0.39, 0.29) is 6.61 Å². The lowest BCUT2D eigenvalue weighted by Crippen LogP contribution is -2.29. The largest absolute Gasteiger partial charge is 0.491 e. The fourth-order valence-electron chi connectivity index (χ4n) is 4.49. The van der Waals surface area contributed by atoms with Crippen LogP contribution >= 0.6 is 0 Å². The van der Waals surface area contributed by atoms with Crippen molar-refractivity contribution in [1.29, 1.82) is 0 Å². The molecule has 2 atom stereocenters. The Morgan fingerprint density at radius 2 is 2.06 bits per heavy atom. The smallest absolute Gasteiger partial charge is 0.162 e. The summed E-state index contributed by atoms with van der Waals surface area (Å²) in [5.41, 5.74) is 3.80. The van der Waals surface area contributed by atoms with Crippen LogP contribution in [0.15, 0.2) is 28.8 Å². The van der Waals surface area contributed by atoms with Gasteiger partial charge in [0.25, 0.3) is 0 Å². The third-order valence-corrected chi connectivity index (χ3v) is 8.01. The summed E-state index contributed by atoms with van der Waals surface area (Å²) in [4.78, 5) is 11.8. The number of hydrogen-bond donors (Lipinski definition) is 2. The molecule has 10 nitrogen and oxygen atoms in total. The molecular weight excluding hydrogens is 482 g/mol. The van der Waals surface area contributed by atoms with Crippen LogP contribution in [0.5, 0.6) is 5.75 Å². The topological polar surface area (TPSA) is 131 Å². The van der Waals surface area contributed by atoms with Gasteiger partial charge in [0.05, 0.1) is 22.2 Å². The van der Waals surface area contributed by atoms with Gasteiger partial charge in [0, 0.05) is 37.0 Å².